The van der Waals surface area contributed by atoms with Crippen LogP contribution in [0.3, 0.4) is 0 Å². The molecular formula is C16H22N2O4S. The molecule has 1 heterocycles. The number of fused-ring (bicyclic) bond motifs is 1. The van der Waals surface area contributed by atoms with Crippen LogP contribution in [0.5, 0.6) is 0 Å². The maximum atomic E-state index is 12.7. The van der Waals surface area contributed by atoms with Crippen molar-refractivity contribution in [2.45, 2.75) is 44.7 Å². The highest BCUT2D eigenvalue weighted by molar-refractivity contribution is 7.87. The van der Waals surface area contributed by atoms with E-state index in [-0.39, 0.29) is 12.6 Å². The number of aryl methyl sites for hydroxylation is 1. The molecule has 0 saturated carbocycles. The Bertz CT molecular complexity index is 689. The molecule has 6 nitrogen and oxygen atoms in total. The van der Waals surface area contributed by atoms with Gasteiger partial charge in [0.2, 0.25) is 0 Å². The molecule has 0 spiro atoms. The zero-order valence-electron chi connectivity index (χ0n) is 13.2. The molecule has 23 heavy (non-hydrogen) atoms. The first-order chi connectivity index (χ1) is 11.0. The molecule has 0 radical (unpaired) electrons. The maximum Gasteiger partial charge on any atom is 0.324 e. The SMILES string of the molecule is CCOC(=O)[C@@H]1CCCN1S(=O)(=O)N[C@H]1CCc2ccccc21. The van der Waals surface area contributed by atoms with E-state index < -0.39 is 22.2 Å². The van der Waals surface area contributed by atoms with Crippen LogP contribution in [0.1, 0.15) is 43.4 Å². The number of esters is 1. The molecule has 0 unspecified atom stereocenters. The van der Waals surface area contributed by atoms with Crippen molar-refractivity contribution in [1.82, 2.24) is 9.03 Å². The van der Waals surface area contributed by atoms with Crippen molar-refractivity contribution in [3.63, 3.8) is 0 Å². The largest absolute Gasteiger partial charge is 0.465 e. The third-order valence-corrected chi connectivity index (χ3v) is 6.13. The lowest BCUT2D eigenvalue weighted by Gasteiger charge is -2.25. The number of hydrogen-bond donors (Lipinski definition) is 1. The van der Waals surface area contributed by atoms with Crippen LogP contribution in [-0.2, 0) is 26.2 Å². The molecule has 2 atom stereocenters. The Morgan fingerprint density at radius 2 is 2.13 bits per heavy atom. The van der Waals surface area contributed by atoms with Crippen LogP contribution >= 0.6 is 0 Å². The molecule has 7 heteroatoms. The number of carbonyl (C=O) groups excluding carboxylic acids is 1. The quantitative estimate of drug-likeness (QED) is 0.826. The number of hydrogen-bond acceptors (Lipinski definition) is 4. The highest BCUT2D eigenvalue weighted by Crippen LogP contribution is 2.32. The fraction of sp³-hybridized carbons (Fsp3) is 0.562. The van der Waals surface area contributed by atoms with Gasteiger partial charge in [-0.1, -0.05) is 24.3 Å². The zero-order chi connectivity index (χ0) is 16.4. The summed E-state index contributed by atoms with van der Waals surface area (Å²) < 4.78 is 34.5. The first kappa shape index (κ1) is 16.4. The first-order valence-corrected chi connectivity index (χ1v) is 9.50. The fourth-order valence-electron chi connectivity index (χ4n) is 3.43. The Balaban J connectivity index is 1.76. The molecule has 3 rings (SSSR count). The van der Waals surface area contributed by atoms with Crippen molar-refractivity contribution in [3.05, 3.63) is 35.4 Å². The zero-order valence-corrected chi connectivity index (χ0v) is 14.0. The summed E-state index contributed by atoms with van der Waals surface area (Å²) in [6.07, 6.45) is 2.80. The van der Waals surface area contributed by atoms with E-state index in [0.717, 1.165) is 18.4 Å². The number of nitrogens with one attached hydrogen (secondary N) is 1. The minimum absolute atomic E-state index is 0.223. The van der Waals surface area contributed by atoms with Crippen molar-refractivity contribution in [1.29, 1.82) is 0 Å². The van der Waals surface area contributed by atoms with Crippen molar-refractivity contribution < 1.29 is 17.9 Å². The van der Waals surface area contributed by atoms with Gasteiger partial charge in [0.05, 0.1) is 6.61 Å². The molecule has 0 amide bonds. The molecule has 1 saturated heterocycles. The lowest BCUT2D eigenvalue weighted by atomic mass is 10.1. The highest BCUT2D eigenvalue weighted by atomic mass is 32.2. The van der Waals surface area contributed by atoms with Crippen LogP contribution in [-0.4, -0.2) is 37.9 Å². The molecular weight excluding hydrogens is 316 g/mol. The second kappa shape index (κ2) is 6.59. The minimum atomic E-state index is -3.72. The number of nitrogens with zero attached hydrogens (tertiary/aromatic N) is 1. The average Bonchev–Trinajstić information content (AvgIpc) is 3.15. The Morgan fingerprint density at radius 1 is 1.35 bits per heavy atom. The third-order valence-electron chi connectivity index (χ3n) is 4.50. The number of rotatable bonds is 5. The van der Waals surface area contributed by atoms with Crippen molar-refractivity contribution >= 4 is 16.2 Å². The van der Waals surface area contributed by atoms with Crippen LogP contribution in [0.15, 0.2) is 24.3 Å². The van der Waals surface area contributed by atoms with E-state index in [9.17, 15) is 13.2 Å². The van der Waals surface area contributed by atoms with Gasteiger partial charge in [-0.3, -0.25) is 4.79 Å². The Labute approximate surface area is 137 Å². The van der Waals surface area contributed by atoms with Gasteiger partial charge in [0, 0.05) is 12.6 Å². The van der Waals surface area contributed by atoms with Gasteiger partial charge >= 0.3 is 5.97 Å². The van der Waals surface area contributed by atoms with Crippen molar-refractivity contribution in [2.75, 3.05) is 13.2 Å². The lowest BCUT2D eigenvalue weighted by molar-refractivity contribution is -0.146. The van der Waals surface area contributed by atoms with E-state index in [4.69, 9.17) is 4.74 Å². The summed E-state index contributed by atoms with van der Waals surface area (Å²) in [5, 5.41) is 0. The van der Waals surface area contributed by atoms with E-state index >= 15 is 0 Å². The van der Waals surface area contributed by atoms with Gasteiger partial charge in [0.15, 0.2) is 0 Å². The van der Waals surface area contributed by atoms with Gasteiger partial charge in [-0.25, -0.2) is 0 Å². The monoisotopic (exact) mass is 338 g/mol. The Kier molecular flexibility index (Phi) is 4.70. The molecule has 1 aliphatic heterocycles. The fourth-order valence-corrected chi connectivity index (χ4v) is 5.06. The van der Waals surface area contributed by atoms with Crippen molar-refractivity contribution in [3.8, 4) is 0 Å². The molecule has 1 aliphatic carbocycles. The van der Waals surface area contributed by atoms with Gasteiger partial charge in [-0.05, 0) is 43.7 Å². The summed E-state index contributed by atoms with van der Waals surface area (Å²) in [6, 6.07) is 6.95. The highest BCUT2D eigenvalue weighted by Gasteiger charge is 2.41. The van der Waals surface area contributed by atoms with E-state index in [1.807, 2.05) is 24.3 Å². The van der Waals surface area contributed by atoms with E-state index in [1.165, 1.54) is 9.87 Å². The molecule has 1 aromatic carbocycles. The maximum absolute atomic E-state index is 12.7. The Hall–Kier alpha value is -1.44. The van der Waals surface area contributed by atoms with Crippen LogP contribution in [0.4, 0.5) is 0 Å². The molecule has 2 aliphatic rings. The van der Waals surface area contributed by atoms with Crippen LogP contribution in [0.2, 0.25) is 0 Å². The summed E-state index contributed by atoms with van der Waals surface area (Å²) in [7, 11) is -3.72. The summed E-state index contributed by atoms with van der Waals surface area (Å²) in [5.74, 6) is -0.456. The summed E-state index contributed by atoms with van der Waals surface area (Å²) in [4.78, 5) is 12.0. The second-order valence-corrected chi connectivity index (χ2v) is 7.59. The predicted octanol–water partition coefficient (Wildman–Crippen LogP) is 1.54. The van der Waals surface area contributed by atoms with Gasteiger partial charge < -0.3 is 4.74 Å². The molecule has 1 fully saturated rings. The van der Waals surface area contributed by atoms with E-state index in [1.54, 1.807) is 6.92 Å². The second-order valence-electron chi connectivity index (χ2n) is 5.93. The molecule has 1 aromatic rings. The normalized spacial score (nSPS) is 24.6. The predicted molar refractivity (Wildman–Crippen MR) is 85.9 cm³/mol. The lowest BCUT2D eigenvalue weighted by Crippen LogP contribution is -2.47. The third kappa shape index (κ3) is 3.27. The van der Waals surface area contributed by atoms with Gasteiger partial charge in [0.1, 0.15) is 6.04 Å². The topological polar surface area (TPSA) is 75.7 Å². The van der Waals surface area contributed by atoms with Gasteiger partial charge in [0.25, 0.3) is 10.2 Å². The van der Waals surface area contributed by atoms with Crippen molar-refractivity contribution in [2.24, 2.45) is 0 Å². The van der Waals surface area contributed by atoms with Crippen LogP contribution in [0.25, 0.3) is 0 Å². The molecule has 1 N–H and O–H groups in total. The van der Waals surface area contributed by atoms with Gasteiger partial charge in [-0.15, -0.1) is 0 Å². The smallest absolute Gasteiger partial charge is 0.324 e. The number of ether oxygens (including phenoxy) is 1. The minimum Gasteiger partial charge on any atom is -0.465 e. The summed E-state index contributed by atoms with van der Waals surface area (Å²) in [6.45, 7) is 2.33. The number of benzene rings is 1. The molecule has 0 aromatic heterocycles. The first-order valence-electron chi connectivity index (χ1n) is 8.06. The molecule has 126 valence electrons. The standard InChI is InChI=1S/C16H22N2O4S/c1-2-22-16(19)15-8-5-11-18(15)23(20,21)17-14-10-9-12-6-3-4-7-13(12)14/h3-4,6-7,14-15,17H,2,5,8-11H2,1H3/t14-,15-/m0/s1. The van der Waals surface area contributed by atoms with Crippen LogP contribution in [0, 0.1) is 0 Å². The van der Waals surface area contributed by atoms with E-state index in [0.29, 0.717) is 19.4 Å². The van der Waals surface area contributed by atoms with Crippen LogP contribution < -0.4 is 4.72 Å². The summed E-state index contributed by atoms with van der Waals surface area (Å²) >= 11 is 0. The number of carbonyl (C=O) groups is 1. The Morgan fingerprint density at radius 3 is 2.91 bits per heavy atom. The van der Waals surface area contributed by atoms with E-state index in [2.05, 4.69) is 4.72 Å². The average molecular weight is 338 g/mol. The molecule has 0 bridgehead atoms. The van der Waals surface area contributed by atoms with Gasteiger partial charge in [-0.2, -0.15) is 17.4 Å². The summed E-state index contributed by atoms with van der Waals surface area (Å²) in [5.41, 5.74) is 2.21.